The summed E-state index contributed by atoms with van der Waals surface area (Å²) in [6.07, 6.45) is 4.27. The molecule has 1 amide bonds. The van der Waals surface area contributed by atoms with Gasteiger partial charge in [-0.1, -0.05) is 25.1 Å². The van der Waals surface area contributed by atoms with Crippen LogP contribution >= 0.6 is 11.3 Å². The average molecular weight is 297 g/mol. The summed E-state index contributed by atoms with van der Waals surface area (Å²) in [5.41, 5.74) is 8.54. The first-order chi connectivity index (χ1) is 10.2. The van der Waals surface area contributed by atoms with Gasteiger partial charge in [0, 0.05) is 23.5 Å². The van der Waals surface area contributed by atoms with Crippen LogP contribution < -0.4 is 11.1 Å². The number of nitrogen functional groups attached to an aromatic ring is 1. The van der Waals surface area contributed by atoms with Gasteiger partial charge in [-0.3, -0.25) is 9.78 Å². The van der Waals surface area contributed by atoms with Gasteiger partial charge in [-0.15, -0.1) is 11.3 Å². The van der Waals surface area contributed by atoms with Crippen LogP contribution in [0.3, 0.4) is 0 Å². The molecule has 0 atom stereocenters. The zero-order valence-electron chi connectivity index (χ0n) is 11.6. The van der Waals surface area contributed by atoms with Crippen molar-refractivity contribution in [3.63, 3.8) is 0 Å². The number of pyridine rings is 1. The summed E-state index contributed by atoms with van der Waals surface area (Å²) in [4.78, 5) is 17.1. The number of benzene rings is 1. The van der Waals surface area contributed by atoms with Crippen LogP contribution in [0.2, 0.25) is 0 Å². The van der Waals surface area contributed by atoms with Gasteiger partial charge in [0.2, 0.25) is 0 Å². The summed E-state index contributed by atoms with van der Waals surface area (Å²) in [6, 6.07) is 9.62. The van der Waals surface area contributed by atoms with Crippen LogP contribution in [0.25, 0.3) is 10.1 Å². The van der Waals surface area contributed by atoms with E-state index in [0.717, 1.165) is 27.8 Å². The lowest BCUT2D eigenvalue weighted by Crippen LogP contribution is -2.13. The first kappa shape index (κ1) is 13.6. The smallest absolute Gasteiger partial charge is 0.267 e. The number of anilines is 2. The zero-order chi connectivity index (χ0) is 14.8. The fourth-order valence-electron chi connectivity index (χ4n) is 2.27. The van der Waals surface area contributed by atoms with E-state index in [1.165, 1.54) is 11.3 Å². The number of fused-ring (bicyclic) bond motifs is 1. The van der Waals surface area contributed by atoms with Crippen LogP contribution in [0.4, 0.5) is 11.4 Å². The monoisotopic (exact) mass is 297 g/mol. The summed E-state index contributed by atoms with van der Waals surface area (Å²) < 4.78 is 0.920. The summed E-state index contributed by atoms with van der Waals surface area (Å²) in [6.45, 7) is 2.06. The van der Waals surface area contributed by atoms with Crippen molar-refractivity contribution in [2.45, 2.75) is 13.3 Å². The van der Waals surface area contributed by atoms with Gasteiger partial charge in [0.25, 0.3) is 5.91 Å². The number of hydrogen-bond acceptors (Lipinski definition) is 4. The lowest BCUT2D eigenvalue weighted by Gasteiger charge is -2.09. The van der Waals surface area contributed by atoms with E-state index in [4.69, 9.17) is 5.73 Å². The Morgan fingerprint density at radius 2 is 2.14 bits per heavy atom. The summed E-state index contributed by atoms with van der Waals surface area (Å²) in [7, 11) is 0. The summed E-state index contributed by atoms with van der Waals surface area (Å²) >= 11 is 1.37. The van der Waals surface area contributed by atoms with Gasteiger partial charge in [-0.2, -0.15) is 0 Å². The Hall–Kier alpha value is -2.40. The quantitative estimate of drug-likeness (QED) is 0.774. The fraction of sp³-hybridized carbons (Fsp3) is 0.125. The molecule has 0 spiro atoms. The van der Waals surface area contributed by atoms with E-state index < -0.39 is 0 Å². The van der Waals surface area contributed by atoms with Gasteiger partial charge < -0.3 is 11.1 Å². The second-order valence-electron chi connectivity index (χ2n) is 4.68. The molecule has 5 heteroatoms. The molecule has 0 aliphatic carbocycles. The average Bonchev–Trinajstić information content (AvgIpc) is 2.85. The third kappa shape index (κ3) is 2.48. The van der Waals surface area contributed by atoms with Crippen molar-refractivity contribution in [1.82, 2.24) is 4.98 Å². The van der Waals surface area contributed by atoms with Crippen LogP contribution in [-0.2, 0) is 6.42 Å². The van der Waals surface area contributed by atoms with Gasteiger partial charge in [0.05, 0.1) is 10.4 Å². The normalized spacial score (nSPS) is 10.7. The van der Waals surface area contributed by atoms with E-state index in [9.17, 15) is 4.79 Å². The molecule has 21 heavy (non-hydrogen) atoms. The number of aryl methyl sites for hydroxylation is 1. The Labute approximate surface area is 126 Å². The van der Waals surface area contributed by atoms with Gasteiger partial charge >= 0.3 is 0 Å². The molecule has 4 nitrogen and oxygen atoms in total. The molecule has 0 radical (unpaired) electrons. The molecule has 0 fully saturated rings. The minimum absolute atomic E-state index is 0.172. The van der Waals surface area contributed by atoms with Gasteiger partial charge in [-0.05, 0) is 24.1 Å². The van der Waals surface area contributed by atoms with Crippen molar-refractivity contribution in [2.75, 3.05) is 11.1 Å². The number of aromatic nitrogens is 1. The molecule has 0 saturated carbocycles. The third-order valence-electron chi connectivity index (χ3n) is 3.38. The van der Waals surface area contributed by atoms with Crippen molar-refractivity contribution < 1.29 is 4.79 Å². The van der Waals surface area contributed by atoms with Crippen molar-refractivity contribution in [1.29, 1.82) is 0 Å². The van der Waals surface area contributed by atoms with E-state index in [2.05, 4.69) is 17.2 Å². The molecule has 1 aromatic carbocycles. The number of thiophene rings is 1. The highest BCUT2D eigenvalue weighted by molar-refractivity contribution is 7.21. The highest BCUT2D eigenvalue weighted by Crippen LogP contribution is 2.33. The molecule has 3 N–H and O–H groups in total. The van der Waals surface area contributed by atoms with Crippen molar-refractivity contribution in [2.24, 2.45) is 0 Å². The number of carbonyl (C=O) groups excluding carboxylic acids is 1. The van der Waals surface area contributed by atoms with E-state index in [1.54, 1.807) is 12.4 Å². The molecule has 0 bridgehead atoms. The van der Waals surface area contributed by atoms with Crippen LogP contribution in [0.1, 0.15) is 22.2 Å². The molecule has 0 saturated heterocycles. The number of hydrogen-bond donors (Lipinski definition) is 2. The predicted molar refractivity (Wildman–Crippen MR) is 87.8 cm³/mol. The van der Waals surface area contributed by atoms with Crippen LogP contribution in [0.5, 0.6) is 0 Å². The second-order valence-corrected chi connectivity index (χ2v) is 5.73. The van der Waals surface area contributed by atoms with Crippen LogP contribution in [0.15, 0.2) is 42.7 Å². The second kappa shape index (κ2) is 5.54. The van der Waals surface area contributed by atoms with E-state index in [-0.39, 0.29) is 5.91 Å². The molecular weight excluding hydrogens is 282 g/mol. The van der Waals surface area contributed by atoms with Gasteiger partial charge in [-0.25, -0.2) is 0 Å². The number of rotatable bonds is 3. The summed E-state index contributed by atoms with van der Waals surface area (Å²) in [5.74, 6) is -0.172. The molecule has 3 rings (SSSR count). The molecule has 2 heterocycles. The van der Waals surface area contributed by atoms with Gasteiger partial charge in [0.1, 0.15) is 4.88 Å². The lowest BCUT2D eigenvalue weighted by molar-refractivity contribution is 0.103. The molecule has 0 aliphatic heterocycles. The van der Waals surface area contributed by atoms with Crippen molar-refractivity contribution >= 4 is 38.7 Å². The van der Waals surface area contributed by atoms with E-state index in [1.807, 2.05) is 30.3 Å². The summed E-state index contributed by atoms with van der Waals surface area (Å²) in [5, 5.41) is 3.83. The Morgan fingerprint density at radius 1 is 1.33 bits per heavy atom. The highest BCUT2D eigenvalue weighted by atomic mass is 32.1. The first-order valence-electron chi connectivity index (χ1n) is 6.72. The maximum absolute atomic E-state index is 12.5. The highest BCUT2D eigenvalue weighted by Gasteiger charge is 2.17. The number of nitrogens with zero attached hydrogens (tertiary/aromatic N) is 1. The molecule has 106 valence electrons. The largest absolute Gasteiger partial charge is 0.397 e. The van der Waals surface area contributed by atoms with Crippen molar-refractivity contribution in [3.05, 3.63) is 53.2 Å². The topological polar surface area (TPSA) is 68.0 Å². The Balaban J connectivity index is 1.96. The molecule has 3 aromatic rings. The molecule has 0 aliphatic rings. The van der Waals surface area contributed by atoms with Crippen molar-refractivity contribution in [3.8, 4) is 0 Å². The minimum Gasteiger partial charge on any atom is -0.397 e. The SMILES string of the molecule is CCc1ccccc1NC(=O)c1sc2cnccc2c1N. The fourth-order valence-corrected chi connectivity index (χ4v) is 3.25. The maximum Gasteiger partial charge on any atom is 0.267 e. The predicted octanol–water partition coefficient (Wildman–Crippen LogP) is 3.69. The van der Waals surface area contributed by atoms with E-state index in [0.29, 0.717) is 10.6 Å². The van der Waals surface area contributed by atoms with Crippen LogP contribution in [-0.4, -0.2) is 10.9 Å². The number of carbonyl (C=O) groups is 1. The number of para-hydroxylation sites is 1. The first-order valence-corrected chi connectivity index (χ1v) is 7.53. The number of nitrogens with one attached hydrogen (secondary N) is 1. The third-order valence-corrected chi connectivity index (χ3v) is 4.54. The minimum atomic E-state index is -0.172. The Kier molecular flexibility index (Phi) is 3.58. The molecular formula is C16H15N3OS. The standard InChI is InChI=1S/C16H15N3OS/c1-2-10-5-3-4-6-12(10)19-16(20)15-14(17)11-7-8-18-9-13(11)21-15/h3-9H,2,17H2,1H3,(H,19,20). The molecule has 0 unspecified atom stereocenters. The number of nitrogens with two attached hydrogens (primary N) is 1. The number of amides is 1. The van der Waals surface area contributed by atoms with Crippen LogP contribution in [0, 0.1) is 0 Å². The van der Waals surface area contributed by atoms with Gasteiger partial charge in [0.15, 0.2) is 0 Å². The Morgan fingerprint density at radius 3 is 2.90 bits per heavy atom. The maximum atomic E-state index is 12.5. The Bertz CT molecular complexity index is 810. The lowest BCUT2D eigenvalue weighted by atomic mass is 10.1. The molecule has 2 aromatic heterocycles. The van der Waals surface area contributed by atoms with E-state index >= 15 is 0 Å². The zero-order valence-corrected chi connectivity index (χ0v) is 12.4.